The van der Waals surface area contributed by atoms with Crippen molar-refractivity contribution in [3.8, 4) is 0 Å². The fourth-order valence-corrected chi connectivity index (χ4v) is 3.88. The first-order chi connectivity index (χ1) is 16.9. The normalized spacial score (nSPS) is 11.9. The minimum atomic E-state index is -4.60. The third kappa shape index (κ3) is 8.12. The van der Waals surface area contributed by atoms with Crippen molar-refractivity contribution in [3.05, 3.63) is 94.7 Å². The second kappa shape index (κ2) is 11.3. The number of rotatable bonds is 9. The minimum Gasteiger partial charge on any atom is -0.365 e. The Morgan fingerprint density at radius 1 is 1.00 bits per heavy atom. The van der Waals surface area contributed by atoms with Crippen molar-refractivity contribution in [2.45, 2.75) is 26.2 Å². The summed E-state index contributed by atoms with van der Waals surface area (Å²) in [6, 6.07) is 16.3. The molecule has 0 saturated carbocycles. The molecule has 2 aromatic carbocycles. The maximum atomic E-state index is 13.2. The number of sulfonamides is 1. The van der Waals surface area contributed by atoms with Crippen molar-refractivity contribution in [1.82, 2.24) is 10.3 Å². The van der Waals surface area contributed by atoms with E-state index in [1.165, 1.54) is 18.2 Å². The van der Waals surface area contributed by atoms with E-state index in [2.05, 4.69) is 20.3 Å². The Hall–Kier alpha value is -3.86. The first-order valence-electron chi connectivity index (χ1n) is 10.8. The van der Waals surface area contributed by atoms with E-state index < -0.39 is 27.8 Å². The highest BCUT2D eigenvalue weighted by Crippen LogP contribution is 2.30. The number of carbonyl (C=O) groups excluding carboxylic acids is 1. The maximum Gasteiger partial charge on any atom is 0.433 e. The van der Waals surface area contributed by atoms with Crippen LogP contribution in [0.5, 0.6) is 0 Å². The molecule has 0 spiro atoms. The Labute approximate surface area is 207 Å². The van der Waals surface area contributed by atoms with E-state index in [1.54, 1.807) is 25.1 Å². The number of pyridine rings is 1. The van der Waals surface area contributed by atoms with Crippen LogP contribution >= 0.6 is 0 Å². The van der Waals surface area contributed by atoms with Gasteiger partial charge in [-0.25, -0.2) is 13.4 Å². The molecule has 190 valence electrons. The van der Waals surface area contributed by atoms with Gasteiger partial charge in [-0.1, -0.05) is 42.5 Å². The molecular formula is C25H25F3N4O3S. The highest BCUT2D eigenvalue weighted by Gasteiger charge is 2.33. The van der Waals surface area contributed by atoms with Crippen molar-refractivity contribution >= 4 is 33.5 Å². The van der Waals surface area contributed by atoms with Crippen LogP contribution in [0.2, 0.25) is 0 Å². The molecule has 3 N–H and O–H groups in total. The number of amides is 1. The van der Waals surface area contributed by atoms with Gasteiger partial charge in [-0.05, 0) is 47.9 Å². The van der Waals surface area contributed by atoms with E-state index >= 15 is 0 Å². The molecule has 0 saturated heterocycles. The van der Waals surface area contributed by atoms with Gasteiger partial charge >= 0.3 is 6.18 Å². The van der Waals surface area contributed by atoms with E-state index in [4.69, 9.17) is 0 Å². The fourth-order valence-electron chi connectivity index (χ4n) is 3.25. The first kappa shape index (κ1) is 26.7. The lowest BCUT2D eigenvalue weighted by molar-refractivity contribution is -0.141. The summed E-state index contributed by atoms with van der Waals surface area (Å²) < 4.78 is 64.7. The van der Waals surface area contributed by atoms with Crippen molar-refractivity contribution in [2.24, 2.45) is 0 Å². The smallest absolute Gasteiger partial charge is 0.365 e. The van der Waals surface area contributed by atoms with Gasteiger partial charge in [0.15, 0.2) is 0 Å². The van der Waals surface area contributed by atoms with Crippen LogP contribution in [-0.4, -0.2) is 25.6 Å². The minimum absolute atomic E-state index is 0.00215. The molecule has 3 aromatic rings. The van der Waals surface area contributed by atoms with Crippen LogP contribution in [0, 0.1) is 6.92 Å². The Bertz CT molecular complexity index is 1360. The molecule has 36 heavy (non-hydrogen) atoms. The lowest BCUT2D eigenvalue weighted by Crippen LogP contribution is -2.20. The molecule has 0 aliphatic rings. The van der Waals surface area contributed by atoms with Gasteiger partial charge in [0, 0.05) is 24.7 Å². The van der Waals surface area contributed by atoms with Crippen molar-refractivity contribution in [2.75, 3.05) is 16.3 Å². The van der Waals surface area contributed by atoms with Crippen molar-refractivity contribution < 1.29 is 26.4 Å². The van der Waals surface area contributed by atoms with E-state index in [0.717, 1.165) is 23.4 Å². The lowest BCUT2D eigenvalue weighted by Gasteiger charge is -2.13. The molecule has 0 radical (unpaired) electrons. The zero-order chi connectivity index (χ0) is 26.3. The van der Waals surface area contributed by atoms with E-state index in [-0.39, 0.29) is 18.9 Å². The van der Waals surface area contributed by atoms with Gasteiger partial charge in [0.1, 0.15) is 11.5 Å². The second-order valence-corrected chi connectivity index (χ2v) is 9.79. The number of anilines is 2. The summed E-state index contributed by atoms with van der Waals surface area (Å²) in [6.07, 6.45) is -0.945. The largest absolute Gasteiger partial charge is 0.433 e. The number of aryl methyl sites for hydroxylation is 1. The molecule has 7 nitrogen and oxygen atoms in total. The Balaban J connectivity index is 1.69. The first-order valence-corrected chi connectivity index (χ1v) is 12.7. The van der Waals surface area contributed by atoms with Gasteiger partial charge in [-0.15, -0.1) is 0 Å². The van der Waals surface area contributed by atoms with Crippen LogP contribution in [0.1, 0.15) is 27.9 Å². The molecule has 1 aromatic heterocycles. The summed E-state index contributed by atoms with van der Waals surface area (Å²) in [5.41, 5.74) is 2.02. The molecule has 0 aliphatic heterocycles. The van der Waals surface area contributed by atoms with Crippen molar-refractivity contribution in [1.29, 1.82) is 0 Å². The average Bonchev–Trinajstić information content (AvgIpc) is 2.81. The van der Waals surface area contributed by atoms with Crippen molar-refractivity contribution in [3.63, 3.8) is 0 Å². The van der Waals surface area contributed by atoms with Crippen LogP contribution in [0.15, 0.2) is 66.7 Å². The van der Waals surface area contributed by atoms with Crippen LogP contribution < -0.4 is 15.4 Å². The lowest BCUT2D eigenvalue weighted by atomic mass is 10.1. The van der Waals surface area contributed by atoms with Gasteiger partial charge < -0.3 is 10.6 Å². The second-order valence-electron chi connectivity index (χ2n) is 8.05. The molecule has 3 rings (SSSR count). The summed E-state index contributed by atoms with van der Waals surface area (Å²) in [7, 11) is -3.41. The zero-order valence-corrected chi connectivity index (χ0v) is 20.4. The number of carbonyl (C=O) groups is 1. The number of halogens is 3. The topological polar surface area (TPSA) is 100 Å². The maximum absolute atomic E-state index is 13.2. The number of alkyl halides is 3. The van der Waals surface area contributed by atoms with E-state index in [9.17, 15) is 26.4 Å². The van der Waals surface area contributed by atoms with Gasteiger partial charge in [0.2, 0.25) is 15.9 Å². The molecule has 1 amide bonds. The molecule has 0 aliphatic carbocycles. The average molecular weight is 519 g/mol. The fraction of sp³-hybridized carbons (Fsp3) is 0.200. The third-order valence-corrected chi connectivity index (χ3v) is 5.58. The molecule has 1 heterocycles. The summed E-state index contributed by atoms with van der Waals surface area (Å²) in [5.74, 6) is -0.456. The monoisotopic (exact) mass is 518 g/mol. The number of hydrogen-bond donors (Lipinski definition) is 3. The molecule has 0 bridgehead atoms. The van der Waals surface area contributed by atoms with Gasteiger partial charge in [-0.3, -0.25) is 9.52 Å². The number of benzene rings is 2. The zero-order valence-electron chi connectivity index (χ0n) is 19.6. The predicted octanol–water partition coefficient (Wildman–Crippen LogP) is 4.72. The number of aromatic nitrogens is 1. The van der Waals surface area contributed by atoms with Crippen LogP contribution in [0.25, 0.3) is 6.08 Å². The molecule has 11 heteroatoms. The number of nitrogens with one attached hydrogen (secondary N) is 3. The number of nitrogens with zero attached hydrogens (tertiary/aromatic N) is 1. The Kier molecular flexibility index (Phi) is 8.36. The summed E-state index contributed by atoms with van der Waals surface area (Å²) in [6.45, 7) is 2.17. The highest BCUT2D eigenvalue weighted by atomic mass is 32.2. The summed E-state index contributed by atoms with van der Waals surface area (Å²) in [5, 5.41) is 5.60. The van der Waals surface area contributed by atoms with Gasteiger partial charge in [0.25, 0.3) is 0 Å². The van der Waals surface area contributed by atoms with E-state index in [1.807, 2.05) is 30.3 Å². The quantitative estimate of drug-likeness (QED) is 0.356. The van der Waals surface area contributed by atoms with E-state index in [0.29, 0.717) is 16.8 Å². The SMILES string of the molecule is Cc1cc(CNC(=O)/C=C/c2ccc(C(F)(F)F)nc2NCc2ccccc2)ccc1NS(C)(=O)=O. The van der Waals surface area contributed by atoms with Gasteiger partial charge in [0.05, 0.1) is 11.9 Å². The van der Waals surface area contributed by atoms with Crippen LogP contribution in [0.3, 0.4) is 0 Å². The molecule has 0 fully saturated rings. The van der Waals surface area contributed by atoms with Gasteiger partial charge in [-0.2, -0.15) is 13.2 Å². The summed E-state index contributed by atoms with van der Waals surface area (Å²) in [4.78, 5) is 16.0. The molecular weight excluding hydrogens is 493 g/mol. The third-order valence-electron chi connectivity index (χ3n) is 4.99. The number of hydrogen-bond acceptors (Lipinski definition) is 5. The Morgan fingerprint density at radius 2 is 1.72 bits per heavy atom. The van der Waals surface area contributed by atoms with Crippen LogP contribution in [-0.2, 0) is 34.1 Å². The van der Waals surface area contributed by atoms with Crippen LogP contribution in [0.4, 0.5) is 24.7 Å². The standard InChI is InChI=1S/C25H25F3N4O3S/c1-17-14-19(8-11-21(17)32-36(2,34)35)16-29-23(33)13-10-20-9-12-22(25(26,27)28)31-24(20)30-15-18-6-4-3-5-7-18/h3-14,32H,15-16H2,1-2H3,(H,29,33)(H,30,31)/b13-10+. The molecule has 0 atom stereocenters. The predicted molar refractivity (Wildman–Crippen MR) is 134 cm³/mol. The highest BCUT2D eigenvalue weighted by molar-refractivity contribution is 7.92. The summed E-state index contributed by atoms with van der Waals surface area (Å²) >= 11 is 0. The Morgan fingerprint density at radius 3 is 2.36 bits per heavy atom. The molecule has 0 unspecified atom stereocenters.